The zero-order valence-electron chi connectivity index (χ0n) is 7.32. The van der Waals surface area contributed by atoms with Crippen LogP contribution in [-0.4, -0.2) is 0 Å². The van der Waals surface area contributed by atoms with Crippen LogP contribution < -0.4 is 0 Å². The monoisotopic (exact) mass is 246 g/mol. The van der Waals surface area contributed by atoms with Crippen molar-refractivity contribution >= 4 is 27.5 Å². The molecule has 1 rings (SSSR count). The molecule has 0 nitrogen and oxygen atoms in total. The summed E-state index contributed by atoms with van der Waals surface area (Å²) in [5.41, 5.74) is 2.52. The van der Waals surface area contributed by atoms with E-state index in [0.717, 1.165) is 17.9 Å². The van der Waals surface area contributed by atoms with Crippen molar-refractivity contribution < 1.29 is 0 Å². The molecule has 0 saturated carbocycles. The Balaban J connectivity index is 3.09. The third kappa shape index (κ3) is 2.24. The molecule has 0 saturated heterocycles. The van der Waals surface area contributed by atoms with Gasteiger partial charge in [0.05, 0.1) is 0 Å². The summed E-state index contributed by atoms with van der Waals surface area (Å²) in [4.78, 5) is 0. The summed E-state index contributed by atoms with van der Waals surface area (Å²) in [6.45, 7) is 4.23. The summed E-state index contributed by atoms with van der Waals surface area (Å²) in [5.74, 6) is 0. The van der Waals surface area contributed by atoms with Crippen LogP contribution in [0, 0.1) is 6.92 Å². The van der Waals surface area contributed by atoms with Crippen LogP contribution in [0.1, 0.15) is 24.5 Å². The topological polar surface area (TPSA) is 0 Å². The predicted octanol–water partition coefficient (Wildman–Crippen LogP) is 4.36. The highest BCUT2D eigenvalue weighted by Gasteiger charge is 2.03. The lowest BCUT2D eigenvalue weighted by Crippen LogP contribution is -1.88. The Morgan fingerprint density at radius 1 is 1.42 bits per heavy atom. The standard InChI is InChI=1S/C10H12BrCl/c1-3-4-8-6-9(12)5-7(2)10(8)11/h5-6H,3-4H2,1-2H3. The summed E-state index contributed by atoms with van der Waals surface area (Å²) < 4.78 is 1.20. The Morgan fingerprint density at radius 3 is 2.67 bits per heavy atom. The fraction of sp³-hybridized carbons (Fsp3) is 0.400. The van der Waals surface area contributed by atoms with Crippen molar-refractivity contribution in [3.05, 3.63) is 32.8 Å². The van der Waals surface area contributed by atoms with E-state index in [1.165, 1.54) is 15.6 Å². The Hall–Kier alpha value is -0.0100. The molecular formula is C10H12BrCl. The molecule has 2 heteroatoms. The fourth-order valence-corrected chi connectivity index (χ4v) is 1.97. The second-order valence-electron chi connectivity index (χ2n) is 2.95. The second-order valence-corrected chi connectivity index (χ2v) is 4.18. The van der Waals surface area contributed by atoms with E-state index in [4.69, 9.17) is 11.6 Å². The van der Waals surface area contributed by atoms with Crippen LogP contribution in [0.15, 0.2) is 16.6 Å². The fourth-order valence-electron chi connectivity index (χ4n) is 1.25. The Labute approximate surface area is 87.1 Å². The van der Waals surface area contributed by atoms with Gasteiger partial charge in [-0.05, 0) is 36.6 Å². The number of hydrogen-bond donors (Lipinski definition) is 0. The van der Waals surface area contributed by atoms with Gasteiger partial charge in [-0.1, -0.05) is 40.9 Å². The SMILES string of the molecule is CCCc1cc(Cl)cc(C)c1Br. The van der Waals surface area contributed by atoms with Gasteiger partial charge in [0.2, 0.25) is 0 Å². The van der Waals surface area contributed by atoms with Gasteiger partial charge in [-0.2, -0.15) is 0 Å². The minimum atomic E-state index is 0.833. The number of halogens is 2. The first-order valence-electron chi connectivity index (χ1n) is 4.09. The van der Waals surface area contributed by atoms with E-state index in [9.17, 15) is 0 Å². The van der Waals surface area contributed by atoms with E-state index in [2.05, 4.69) is 29.8 Å². The molecule has 0 aliphatic rings. The van der Waals surface area contributed by atoms with Gasteiger partial charge in [-0.15, -0.1) is 0 Å². The molecule has 0 bridgehead atoms. The molecule has 0 aliphatic carbocycles. The normalized spacial score (nSPS) is 10.3. The third-order valence-corrected chi connectivity index (χ3v) is 3.17. The van der Waals surface area contributed by atoms with Crippen molar-refractivity contribution in [1.29, 1.82) is 0 Å². The maximum atomic E-state index is 5.94. The molecule has 0 N–H and O–H groups in total. The minimum absolute atomic E-state index is 0.833. The maximum absolute atomic E-state index is 5.94. The summed E-state index contributed by atoms with van der Waals surface area (Å²) in [7, 11) is 0. The number of benzene rings is 1. The highest BCUT2D eigenvalue weighted by atomic mass is 79.9. The van der Waals surface area contributed by atoms with E-state index >= 15 is 0 Å². The van der Waals surface area contributed by atoms with E-state index in [-0.39, 0.29) is 0 Å². The molecule has 0 spiro atoms. The Kier molecular flexibility index (Phi) is 3.60. The van der Waals surface area contributed by atoms with Crippen molar-refractivity contribution in [2.75, 3.05) is 0 Å². The van der Waals surface area contributed by atoms with Gasteiger partial charge in [0, 0.05) is 9.50 Å². The van der Waals surface area contributed by atoms with Gasteiger partial charge in [-0.25, -0.2) is 0 Å². The molecule has 0 atom stereocenters. The van der Waals surface area contributed by atoms with E-state index < -0.39 is 0 Å². The summed E-state index contributed by atoms with van der Waals surface area (Å²) in [6.07, 6.45) is 2.24. The van der Waals surface area contributed by atoms with Gasteiger partial charge >= 0.3 is 0 Å². The number of hydrogen-bond acceptors (Lipinski definition) is 0. The van der Waals surface area contributed by atoms with Gasteiger partial charge in [-0.3, -0.25) is 0 Å². The highest BCUT2D eigenvalue weighted by molar-refractivity contribution is 9.10. The molecule has 1 aromatic rings. The predicted molar refractivity (Wildman–Crippen MR) is 57.9 cm³/mol. The summed E-state index contributed by atoms with van der Waals surface area (Å²) >= 11 is 9.49. The van der Waals surface area contributed by atoms with Crippen molar-refractivity contribution in [2.24, 2.45) is 0 Å². The molecule has 66 valence electrons. The van der Waals surface area contributed by atoms with Crippen LogP contribution in [0.2, 0.25) is 5.02 Å². The average molecular weight is 248 g/mol. The molecule has 0 fully saturated rings. The zero-order valence-corrected chi connectivity index (χ0v) is 9.67. The lowest BCUT2D eigenvalue weighted by molar-refractivity contribution is 0.915. The molecule has 0 unspecified atom stereocenters. The molecule has 0 aliphatic heterocycles. The van der Waals surface area contributed by atoms with Gasteiger partial charge < -0.3 is 0 Å². The van der Waals surface area contributed by atoms with Gasteiger partial charge in [0.1, 0.15) is 0 Å². The number of rotatable bonds is 2. The second kappa shape index (κ2) is 4.29. The molecular weight excluding hydrogens is 235 g/mol. The zero-order chi connectivity index (χ0) is 9.14. The van der Waals surface area contributed by atoms with Crippen LogP contribution in [-0.2, 0) is 6.42 Å². The Morgan fingerprint density at radius 2 is 2.08 bits per heavy atom. The van der Waals surface area contributed by atoms with E-state index in [1.807, 2.05) is 12.1 Å². The molecule has 0 aromatic heterocycles. The van der Waals surface area contributed by atoms with E-state index in [0.29, 0.717) is 0 Å². The first kappa shape index (κ1) is 10.1. The lowest BCUT2D eigenvalue weighted by Gasteiger charge is -2.06. The van der Waals surface area contributed by atoms with Crippen molar-refractivity contribution in [2.45, 2.75) is 26.7 Å². The molecule has 0 amide bonds. The highest BCUT2D eigenvalue weighted by Crippen LogP contribution is 2.26. The number of aryl methyl sites for hydroxylation is 2. The van der Waals surface area contributed by atoms with Crippen LogP contribution in [0.5, 0.6) is 0 Å². The maximum Gasteiger partial charge on any atom is 0.0412 e. The van der Waals surface area contributed by atoms with Crippen molar-refractivity contribution in [3.63, 3.8) is 0 Å². The molecule has 0 radical (unpaired) electrons. The molecule has 0 heterocycles. The van der Waals surface area contributed by atoms with Crippen molar-refractivity contribution in [1.82, 2.24) is 0 Å². The first-order chi connectivity index (χ1) is 5.65. The molecule has 1 aromatic carbocycles. The van der Waals surface area contributed by atoms with Gasteiger partial charge in [0.15, 0.2) is 0 Å². The van der Waals surface area contributed by atoms with E-state index in [1.54, 1.807) is 0 Å². The largest absolute Gasteiger partial charge is 0.0843 e. The first-order valence-corrected chi connectivity index (χ1v) is 5.26. The third-order valence-electron chi connectivity index (χ3n) is 1.81. The van der Waals surface area contributed by atoms with Crippen molar-refractivity contribution in [3.8, 4) is 0 Å². The van der Waals surface area contributed by atoms with Gasteiger partial charge in [0.25, 0.3) is 0 Å². The summed E-state index contributed by atoms with van der Waals surface area (Å²) in [6, 6.07) is 4.01. The smallest absolute Gasteiger partial charge is 0.0412 e. The summed E-state index contributed by atoms with van der Waals surface area (Å²) in [5, 5.41) is 0.833. The molecule has 12 heavy (non-hydrogen) atoms. The van der Waals surface area contributed by atoms with Crippen LogP contribution >= 0.6 is 27.5 Å². The quantitative estimate of drug-likeness (QED) is 0.728. The van der Waals surface area contributed by atoms with Crippen LogP contribution in [0.4, 0.5) is 0 Å². The minimum Gasteiger partial charge on any atom is -0.0843 e. The average Bonchev–Trinajstić information content (AvgIpc) is 2.00. The van der Waals surface area contributed by atoms with Crippen LogP contribution in [0.25, 0.3) is 0 Å². The Bertz CT molecular complexity index is 281. The van der Waals surface area contributed by atoms with Crippen LogP contribution in [0.3, 0.4) is 0 Å². The lowest BCUT2D eigenvalue weighted by atomic mass is 10.1.